The lowest BCUT2D eigenvalue weighted by molar-refractivity contribution is 0.240. The maximum Gasteiger partial charge on any atom is 0.322 e. The molecule has 0 bridgehead atoms. The summed E-state index contributed by atoms with van der Waals surface area (Å²) in [6.45, 7) is 0.469. The van der Waals surface area contributed by atoms with Gasteiger partial charge in [0.15, 0.2) is 5.82 Å². The van der Waals surface area contributed by atoms with Crippen molar-refractivity contribution in [1.82, 2.24) is 20.1 Å². The minimum absolute atomic E-state index is 0.0716. The number of hydrogen-bond acceptors (Lipinski definition) is 6. The number of amides is 2. The molecule has 1 aliphatic carbocycles. The van der Waals surface area contributed by atoms with Crippen LogP contribution in [0, 0.1) is 11.3 Å². The SMILES string of the molecule is Cn1ccc(Nc2ccc(N(C(=O)NCc3ccccc3)[C@H]3CC[C@H](Nc4ccc(C#N)cn4)CC3)cc2)n1. The van der Waals surface area contributed by atoms with E-state index >= 15 is 0 Å². The van der Waals surface area contributed by atoms with Crippen molar-refractivity contribution in [1.29, 1.82) is 5.26 Å². The first kappa shape index (κ1) is 25.8. The molecule has 9 nitrogen and oxygen atoms in total. The van der Waals surface area contributed by atoms with E-state index < -0.39 is 0 Å². The predicted molar refractivity (Wildman–Crippen MR) is 153 cm³/mol. The first-order valence-corrected chi connectivity index (χ1v) is 13.2. The molecule has 0 radical (unpaired) electrons. The summed E-state index contributed by atoms with van der Waals surface area (Å²) in [6, 6.07) is 25.7. The van der Waals surface area contributed by atoms with Gasteiger partial charge in [-0.3, -0.25) is 9.58 Å². The Kier molecular flexibility index (Phi) is 8.03. The molecule has 198 valence electrons. The van der Waals surface area contributed by atoms with E-state index in [-0.39, 0.29) is 18.1 Å². The molecule has 5 rings (SSSR count). The predicted octanol–water partition coefficient (Wildman–Crippen LogP) is 5.57. The van der Waals surface area contributed by atoms with Crippen LogP contribution in [-0.2, 0) is 13.6 Å². The van der Waals surface area contributed by atoms with Crippen LogP contribution < -0.4 is 20.9 Å². The van der Waals surface area contributed by atoms with Gasteiger partial charge in [-0.2, -0.15) is 10.4 Å². The molecule has 2 aromatic carbocycles. The minimum atomic E-state index is -0.102. The van der Waals surface area contributed by atoms with E-state index in [0.29, 0.717) is 12.1 Å². The Morgan fingerprint density at radius 1 is 1.00 bits per heavy atom. The zero-order valence-corrected chi connectivity index (χ0v) is 21.9. The van der Waals surface area contributed by atoms with Gasteiger partial charge in [-0.15, -0.1) is 0 Å². The highest BCUT2D eigenvalue weighted by Gasteiger charge is 2.30. The number of anilines is 4. The smallest absolute Gasteiger partial charge is 0.322 e. The zero-order valence-electron chi connectivity index (χ0n) is 21.9. The summed E-state index contributed by atoms with van der Waals surface area (Å²) < 4.78 is 1.75. The number of nitrogens with one attached hydrogen (secondary N) is 3. The standard InChI is InChI=1S/C30H32N8O/c1-37-18-17-29(36-37)35-25-10-14-27(15-11-25)38(30(39)33-20-22-5-3-2-4-6-22)26-12-8-24(9-13-26)34-28-16-7-23(19-31)21-32-28/h2-7,10-11,14-18,21,24,26H,8-9,12-13,20H2,1H3,(H,32,34)(H,33,39)(H,35,36)/t24-,26-. The number of aryl methyl sites for hydroxylation is 1. The molecule has 1 aliphatic rings. The Morgan fingerprint density at radius 3 is 2.41 bits per heavy atom. The van der Waals surface area contributed by atoms with Crippen LogP contribution in [0.4, 0.5) is 27.8 Å². The number of urea groups is 1. The van der Waals surface area contributed by atoms with E-state index in [1.807, 2.05) is 84.9 Å². The Balaban J connectivity index is 1.27. The topological polar surface area (TPSA) is 111 Å². The van der Waals surface area contributed by atoms with E-state index in [2.05, 4.69) is 32.1 Å². The normalized spacial score (nSPS) is 16.6. The second-order valence-electron chi connectivity index (χ2n) is 9.75. The summed E-state index contributed by atoms with van der Waals surface area (Å²) in [4.78, 5) is 19.8. The van der Waals surface area contributed by atoms with Crippen molar-refractivity contribution in [2.75, 3.05) is 15.5 Å². The van der Waals surface area contributed by atoms with Crippen molar-refractivity contribution in [2.24, 2.45) is 7.05 Å². The molecule has 0 aliphatic heterocycles. The summed E-state index contributed by atoms with van der Waals surface area (Å²) in [5, 5.41) is 23.3. The average molecular weight is 521 g/mol. The number of aromatic nitrogens is 3. The lowest BCUT2D eigenvalue weighted by Crippen LogP contribution is -2.48. The van der Waals surface area contributed by atoms with Gasteiger partial charge in [-0.05, 0) is 67.6 Å². The fourth-order valence-corrected chi connectivity index (χ4v) is 4.92. The first-order valence-electron chi connectivity index (χ1n) is 13.2. The summed E-state index contributed by atoms with van der Waals surface area (Å²) in [5.41, 5.74) is 3.37. The second kappa shape index (κ2) is 12.1. The molecule has 3 N–H and O–H groups in total. The van der Waals surface area contributed by atoms with E-state index in [4.69, 9.17) is 5.26 Å². The molecule has 1 saturated carbocycles. The van der Waals surface area contributed by atoms with Crippen molar-refractivity contribution in [2.45, 2.75) is 44.3 Å². The summed E-state index contributed by atoms with van der Waals surface area (Å²) in [5.74, 6) is 1.54. The number of benzene rings is 2. The van der Waals surface area contributed by atoms with Gasteiger partial charge in [-0.1, -0.05) is 30.3 Å². The molecule has 2 amide bonds. The lowest BCUT2D eigenvalue weighted by atomic mass is 9.90. The number of rotatable bonds is 8. The average Bonchev–Trinajstić information content (AvgIpc) is 3.39. The van der Waals surface area contributed by atoms with Gasteiger partial charge >= 0.3 is 6.03 Å². The molecule has 0 unspecified atom stereocenters. The number of carbonyl (C=O) groups is 1. The van der Waals surface area contributed by atoms with Gasteiger partial charge in [0, 0.05) is 55.5 Å². The quantitative estimate of drug-likeness (QED) is 0.280. The van der Waals surface area contributed by atoms with Crippen LogP contribution in [0.3, 0.4) is 0 Å². The van der Waals surface area contributed by atoms with Crippen LogP contribution >= 0.6 is 0 Å². The molecule has 4 aromatic rings. The number of hydrogen-bond donors (Lipinski definition) is 3. The van der Waals surface area contributed by atoms with Crippen molar-refractivity contribution < 1.29 is 4.79 Å². The van der Waals surface area contributed by atoms with E-state index in [9.17, 15) is 4.79 Å². The molecule has 0 spiro atoms. The number of nitriles is 1. The molecule has 1 fully saturated rings. The molecule has 0 saturated heterocycles. The molecule has 39 heavy (non-hydrogen) atoms. The Bertz CT molecular complexity index is 1400. The fourth-order valence-electron chi connectivity index (χ4n) is 4.92. The third-order valence-electron chi connectivity index (χ3n) is 6.94. The van der Waals surface area contributed by atoms with E-state index in [0.717, 1.165) is 54.3 Å². The largest absolute Gasteiger partial charge is 0.367 e. The summed E-state index contributed by atoms with van der Waals surface area (Å²) in [6.07, 6.45) is 7.01. The molecule has 9 heteroatoms. The van der Waals surface area contributed by atoms with Crippen LogP contribution in [0.5, 0.6) is 0 Å². The van der Waals surface area contributed by atoms with Gasteiger partial charge in [-0.25, -0.2) is 9.78 Å². The van der Waals surface area contributed by atoms with Crippen molar-refractivity contribution in [3.8, 4) is 6.07 Å². The van der Waals surface area contributed by atoms with Gasteiger partial charge in [0.1, 0.15) is 11.9 Å². The van der Waals surface area contributed by atoms with Crippen LogP contribution in [-0.4, -0.2) is 32.9 Å². The third-order valence-corrected chi connectivity index (χ3v) is 6.94. The second-order valence-corrected chi connectivity index (χ2v) is 9.75. The molecule has 2 aromatic heterocycles. The maximum absolute atomic E-state index is 13.6. The van der Waals surface area contributed by atoms with Crippen LogP contribution in [0.15, 0.2) is 85.2 Å². The van der Waals surface area contributed by atoms with Gasteiger partial charge in [0.05, 0.1) is 5.56 Å². The zero-order chi connectivity index (χ0) is 27.0. The Labute approximate surface area is 228 Å². The highest BCUT2D eigenvalue weighted by molar-refractivity contribution is 5.93. The van der Waals surface area contributed by atoms with Crippen LogP contribution in [0.2, 0.25) is 0 Å². The Morgan fingerprint density at radius 2 is 1.77 bits per heavy atom. The fraction of sp³-hybridized carbons (Fsp3) is 0.267. The molecular weight excluding hydrogens is 488 g/mol. The van der Waals surface area contributed by atoms with Crippen molar-refractivity contribution in [3.63, 3.8) is 0 Å². The minimum Gasteiger partial charge on any atom is -0.367 e. The van der Waals surface area contributed by atoms with Crippen molar-refractivity contribution in [3.05, 3.63) is 96.3 Å². The van der Waals surface area contributed by atoms with Gasteiger partial charge in [0.25, 0.3) is 0 Å². The highest BCUT2D eigenvalue weighted by atomic mass is 16.2. The van der Waals surface area contributed by atoms with Gasteiger partial charge < -0.3 is 16.0 Å². The Hall–Kier alpha value is -4.84. The van der Waals surface area contributed by atoms with E-state index in [1.165, 1.54) is 0 Å². The summed E-state index contributed by atoms with van der Waals surface area (Å²) >= 11 is 0. The van der Waals surface area contributed by atoms with Crippen molar-refractivity contribution >= 4 is 29.0 Å². The van der Waals surface area contributed by atoms with Gasteiger partial charge in [0.2, 0.25) is 0 Å². The van der Waals surface area contributed by atoms with Crippen LogP contribution in [0.1, 0.15) is 36.8 Å². The number of carbonyl (C=O) groups excluding carboxylic acids is 1. The maximum atomic E-state index is 13.6. The highest BCUT2D eigenvalue weighted by Crippen LogP contribution is 2.30. The molecule has 2 heterocycles. The lowest BCUT2D eigenvalue weighted by Gasteiger charge is -2.37. The third kappa shape index (κ3) is 6.73. The monoisotopic (exact) mass is 520 g/mol. The molecular formula is C30H32N8O. The van der Waals surface area contributed by atoms with E-state index in [1.54, 1.807) is 16.9 Å². The number of pyridine rings is 1. The molecule has 0 atom stereocenters. The van der Waals surface area contributed by atoms with Crippen LogP contribution in [0.25, 0.3) is 0 Å². The number of nitrogens with zero attached hydrogens (tertiary/aromatic N) is 5. The first-order chi connectivity index (χ1) is 19.1. The summed E-state index contributed by atoms with van der Waals surface area (Å²) in [7, 11) is 1.88.